The number of carboxylic acids is 1. The van der Waals surface area contributed by atoms with E-state index in [1.807, 2.05) is 19.9 Å². The van der Waals surface area contributed by atoms with Gasteiger partial charge in [-0.3, -0.25) is 9.59 Å². The lowest BCUT2D eigenvalue weighted by Gasteiger charge is -2.21. The summed E-state index contributed by atoms with van der Waals surface area (Å²) in [5.74, 6) is -0.965. The van der Waals surface area contributed by atoms with Gasteiger partial charge in [-0.15, -0.1) is 0 Å². The number of hydrogen-bond acceptors (Lipinski definition) is 2. The van der Waals surface area contributed by atoms with Crippen LogP contribution < -0.4 is 0 Å². The van der Waals surface area contributed by atoms with Gasteiger partial charge in [-0.2, -0.15) is 0 Å². The molecule has 5 heteroatoms. The molecule has 0 aliphatic heterocycles. The SMILES string of the molecule is CC(C)c1ccc(C(=O)N(CC(=O)O)C2CC2)cc1Cl. The summed E-state index contributed by atoms with van der Waals surface area (Å²) < 4.78 is 0. The number of aliphatic carboxylic acids is 1. The van der Waals surface area contributed by atoms with Crippen LogP contribution in [0.5, 0.6) is 0 Å². The number of carbonyl (C=O) groups excluding carboxylic acids is 1. The lowest BCUT2D eigenvalue weighted by Crippen LogP contribution is -2.37. The lowest BCUT2D eigenvalue weighted by atomic mass is 10.0. The van der Waals surface area contributed by atoms with Crippen molar-refractivity contribution in [3.8, 4) is 0 Å². The second kappa shape index (κ2) is 5.83. The highest BCUT2D eigenvalue weighted by Crippen LogP contribution is 2.30. The van der Waals surface area contributed by atoms with Crippen LogP contribution in [0.25, 0.3) is 0 Å². The number of nitrogens with zero attached hydrogens (tertiary/aromatic N) is 1. The number of hydrogen-bond donors (Lipinski definition) is 1. The largest absolute Gasteiger partial charge is 0.480 e. The topological polar surface area (TPSA) is 57.6 Å². The number of carbonyl (C=O) groups is 2. The van der Waals surface area contributed by atoms with Crippen molar-refractivity contribution in [2.45, 2.75) is 38.6 Å². The average Bonchev–Trinajstić information content (AvgIpc) is 3.18. The number of rotatable bonds is 5. The molecule has 0 radical (unpaired) electrons. The number of amides is 1. The minimum absolute atomic E-state index is 0.0575. The van der Waals surface area contributed by atoms with Crippen molar-refractivity contribution in [1.82, 2.24) is 4.90 Å². The molecule has 1 N–H and O–H groups in total. The second-order valence-electron chi connectivity index (χ2n) is 5.45. The van der Waals surface area contributed by atoms with E-state index in [4.69, 9.17) is 16.7 Å². The molecule has 0 unspecified atom stereocenters. The average molecular weight is 296 g/mol. The summed E-state index contributed by atoms with van der Waals surface area (Å²) in [5, 5.41) is 9.46. The normalized spacial score (nSPS) is 14.4. The molecule has 1 aromatic rings. The van der Waals surface area contributed by atoms with Gasteiger partial charge in [-0.25, -0.2) is 0 Å². The molecule has 20 heavy (non-hydrogen) atoms. The number of benzene rings is 1. The molecule has 108 valence electrons. The summed E-state index contributed by atoms with van der Waals surface area (Å²) in [7, 11) is 0. The number of carboxylic acid groups (broad SMARTS) is 1. The fourth-order valence-electron chi connectivity index (χ4n) is 2.19. The lowest BCUT2D eigenvalue weighted by molar-refractivity contribution is -0.137. The fourth-order valence-corrected chi connectivity index (χ4v) is 2.59. The van der Waals surface area contributed by atoms with Crippen LogP contribution in [0.3, 0.4) is 0 Å². The Morgan fingerprint density at radius 2 is 2.05 bits per heavy atom. The highest BCUT2D eigenvalue weighted by Gasteiger charge is 2.34. The van der Waals surface area contributed by atoms with Gasteiger partial charge < -0.3 is 10.0 Å². The zero-order valence-electron chi connectivity index (χ0n) is 11.6. The molecule has 2 rings (SSSR count). The first kappa shape index (κ1) is 14.9. The maximum Gasteiger partial charge on any atom is 0.323 e. The molecule has 1 amide bonds. The number of halogens is 1. The molecule has 0 heterocycles. The van der Waals surface area contributed by atoms with Crippen molar-refractivity contribution in [3.63, 3.8) is 0 Å². The third kappa shape index (κ3) is 3.31. The Morgan fingerprint density at radius 3 is 2.50 bits per heavy atom. The van der Waals surface area contributed by atoms with Crippen LogP contribution in [0.4, 0.5) is 0 Å². The summed E-state index contributed by atoms with van der Waals surface area (Å²) in [4.78, 5) is 24.7. The highest BCUT2D eigenvalue weighted by molar-refractivity contribution is 6.31. The maximum atomic E-state index is 12.4. The molecular formula is C15H18ClNO3. The summed E-state index contributed by atoms with van der Waals surface area (Å²) in [6, 6.07) is 5.26. The van der Waals surface area contributed by atoms with Crippen LogP contribution in [-0.4, -0.2) is 34.5 Å². The van der Waals surface area contributed by atoms with Gasteiger partial charge in [0.1, 0.15) is 6.54 Å². The Morgan fingerprint density at radius 1 is 1.40 bits per heavy atom. The van der Waals surface area contributed by atoms with Gasteiger partial charge in [0, 0.05) is 16.6 Å². The van der Waals surface area contributed by atoms with Crippen molar-refractivity contribution in [3.05, 3.63) is 34.3 Å². The van der Waals surface area contributed by atoms with E-state index in [2.05, 4.69) is 0 Å². The predicted octanol–water partition coefficient (Wildman–Crippen LogP) is 3.15. The summed E-state index contributed by atoms with van der Waals surface area (Å²) in [6.07, 6.45) is 1.74. The third-order valence-electron chi connectivity index (χ3n) is 3.42. The molecule has 4 nitrogen and oxygen atoms in total. The van der Waals surface area contributed by atoms with Crippen molar-refractivity contribution in [2.75, 3.05) is 6.54 Å². The van der Waals surface area contributed by atoms with E-state index in [0.717, 1.165) is 18.4 Å². The van der Waals surface area contributed by atoms with Gasteiger partial charge in [0.05, 0.1) is 0 Å². The standard InChI is InChI=1S/C15H18ClNO3/c1-9(2)12-6-3-10(7-13(12)16)15(20)17(8-14(18)19)11-4-5-11/h3,6-7,9,11H,4-5,8H2,1-2H3,(H,18,19). The Labute approximate surface area is 123 Å². The van der Waals surface area contributed by atoms with Gasteiger partial charge >= 0.3 is 5.97 Å². The Balaban J connectivity index is 2.23. The second-order valence-corrected chi connectivity index (χ2v) is 5.86. The summed E-state index contributed by atoms with van der Waals surface area (Å²) >= 11 is 6.19. The Hall–Kier alpha value is -1.55. The van der Waals surface area contributed by atoms with Crippen molar-refractivity contribution in [2.24, 2.45) is 0 Å². The fraction of sp³-hybridized carbons (Fsp3) is 0.467. The first-order valence-electron chi connectivity index (χ1n) is 6.72. The molecule has 1 aliphatic carbocycles. The predicted molar refractivity (Wildman–Crippen MR) is 77.2 cm³/mol. The van der Waals surface area contributed by atoms with E-state index in [1.165, 1.54) is 4.90 Å². The molecular weight excluding hydrogens is 278 g/mol. The molecule has 1 saturated carbocycles. The van der Waals surface area contributed by atoms with Gasteiger partial charge in [0.25, 0.3) is 5.91 Å². The van der Waals surface area contributed by atoms with Crippen LogP contribution >= 0.6 is 11.6 Å². The van der Waals surface area contributed by atoms with Gasteiger partial charge in [0.2, 0.25) is 0 Å². The highest BCUT2D eigenvalue weighted by atomic mass is 35.5. The van der Waals surface area contributed by atoms with E-state index in [1.54, 1.807) is 12.1 Å². The van der Waals surface area contributed by atoms with Gasteiger partial charge in [-0.1, -0.05) is 31.5 Å². The van der Waals surface area contributed by atoms with Crippen molar-refractivity contribution in [1.29, 1.82) is 0 Å². The van der Waals surface area contributed by atoms with Crippen molar-refractivity contribution < 1.29 is 14.7 Å². The monoisotopic (exact) mass is 295 g/mol. The zero-order valence-corrected chi connectivity index (χ0v) is 12.4. The minimum atomic E-state index is -0.991. The zero-order chi connectivity index (χ0) is 14.9. The van der Waals surface area contributed by atoms with Crippen LogP contribution in [0.1, 0.15) is 48.5 Å². The molecule has 1 aliphatic rings. The molecule has 1 aromatic carbocycles. The van der Waals surface area contributed by atoms with Gasteiger partial charge in [0.15, 0.2) is 0 Å². The van der Waals surface area contributed by atoms with E-state index in [-0.39, 0.29) is 24.4 Å². The molecule has 0 aromatic heterocycles. The van der Waals surface area contributed by atoms with Crippen LogP contribution in [0.15, 0.2) is 18.2 Å². The molecule has 0 spiro atoms. The molecule has 1 fully saturated rings. The summed E-state index contributed by atoms with van der Waals surface area (Å²) in [6.45, 7) is 3.81. The van der Waals surface area contributed by atoms with E-state index < -0.39 is 5.97 Å². The van der Waals surface area contributed by atoms with E-state index in [0.29, 0.717) is 10.6 Å². The Bertz CT molecular complexity index is 538. The van der Waals surface area contributed by atoms with E-state index >= 15 is 0 Å². The Kier molecular flexibility index (Phi) is 4.33. The van der Waals surface area contributed by atoms with Gasteiger partial charge in [-0.05, 0) is 36.5 Å². The molecule has 0 bridgehead atoms. The molecule has 0 saturated heterocycles. The van der Waals surface area contributed by atoms with Crippen LogP contribution in [0, 0.1) is 0 Å². The van der Waals surface area contributed by atoms with E-state index in [9.17, 15) is 9.59 Å². The first-order chi connectivity index (χ1) is 9.40. The van der Waals surface area contributed by atoms with Crippen molar-refractivity contribution >= 4 is 23.5 Å². The first-order valence-corrected chi connectivity index (χ1v) is 7.10. The maximum absolute atomic E-state index is 12.4. The smallest absolute Gasteiger partial charge is 0.323 e. The quantitative estimate of drug-likeness (QED) is 0.908. The minimum Gasteiger partial charge on any atom is -0.480 e. The van der Waals surface area contributed by atoms with Crippen LogP contribution in [0.2, 0.25) is 5.02 Å². The molecule has 0 atom stereocenters. The van der Waals surface area contributed by atoms with Crippen LogP contribution in [-0.2, 0) is 4.79 Å². The summed E-state index contributed by atoms with van der Waals surface area (Å²) in [5.41, 5.74) is 1.44. The third-order valence-corrected chi connectivity index (χ3v) is 3.75.